The minimum atomic E-state index is -0.873. The first-order valence-corrected chi connectivity index (χ1v) is 11.0. The van der Waals surface area contributed by atoms with Crippen molar-refractivity contribution in [1.82, 2.24) is 14.7 Å². The Balaban J connectivity index is 1.34. The van der Waals surface area contributed by atoms with Crippen LogP contribution in [0.4, 0.5) is 5.82 Å². The van der Waals surface area contributed by atoms with Gasteiger partial charge < -0.3 is 15.3 Å². The van der Waals surface area contributed by atoms with Crippen LogP contribution in [0.25, 0.3) is 0 Å². The number of hydrogen-bond acceptors (Lipinski definition) is 4. The summed E-state index contributed by atoms with van der Waals surface area (Å²) in [5.74, 6) is 0.770. The van der Waals surface area contributed by atoms with Gasteiger partial charge in [0.2, 0.25) is 0 Å². The molecule has 0 radical (unpaired) electrons. The predicted molar refractivity (Wildman–Crippen MR) is 120 cm³/mol. The molecule has 3 heterocycles. The number of aliphatic hydroxyl groups is 1. The summed E-state index contributed by atoms with van der Waals surface area (Å²) in [7, 11) is 0. The lowest BCUT2D eigenvalue weighted by Crippen LogP contribution is -2.45. The Morgan fingerprint density at radius 1 is 1.06 bits per heavy atom. The third-order valence-electron chi connectivity index (χ3n) is 6.72. The second kappa shape index (κ2) is 7.85. The number of amides is 1. The van der Waals surface area contributed by atoms with Crippen LogP contribution < -0.4 is 5.32 Å². The molecular weight excluding hydrogens is 388 g/mol. The van der Waals surface area contributed by atoms with Crippen molar-refractivity contribution >= 4 is 11.7 Å². The highest BCUT2D eigenvalue weighted by atomic mass is 16.3. The zero-order valence-electron chi connectivity index (χ0n) is 17.7. The summed E-state index contributed by atoms with van der Waals surface area (Å²) in [5.41, 5.74) is 1.87. The summed E-state index contributed by atoms with van der Waals surface area (Å²) in [5, 5.41) is 19.2. The van der Waals surface area contributed by atoms with Crippen LogP contribution in [0, 0.1) is 0 Å². The van der Waals surface area contributed by atoms with Gasteiger partial charge in [-0.2, -0.15) is 5.10 Å². The fourth-order valence-electron chi connectivity index (χ4n) is 4.85. The van der Waals surface area contributed by atoms with Crippen LogP contribution in [-0.2, 0) is 5.60 Å². The highest BCUT2D eigenvalue weighted by Crippen LogP contribution is 2.38. The number of rotatable bonds is 3. The van der Waals surface area contributed by atoms with Gasteiger partial charge in [-0.1, -0.05) is 60.7 Å². The van der Waals surface area contributed by atoms with Crippen LogP contribution >= 0.6 is 0 Å². The van der Waals surface area contributed by atoms with E-state index in [0.717, 1.165) is 17.8 Å². The second-order valence-corrected chi connectivity index (χ2v) is 8.73. The molecule has 1 amide bonds. The number of hydrogen-bond donors (Lipinski definition) is 2. The highest BCUT2D eigenvalue weighted by Gasteiger charge is 2.37. The Hall–Kier alpha value is -3.12. The van der Waals surface area contributed by atoms with Crippen LogP contribution in [0.3, 0.4) is 0 Å². The first kappa shape index (κ1) is 19.8. The van der Waals surface area contributed by atoms with Crippen molar-refractivity contribution in [3.63, 3.8) is 0 Å². The van der Waals surface area contributed by atoms with Gasteiger partial charge in [-0.3, -0.25) is 4.79 Å². The Morgan fingerprint density at radius 2 is 1.71 bits per heavy atom. The average molecular weight is 417 g/mol. The molecule has 0 aliphatic carbocycles. The standard InChI is InChI=1S/C25H28N4O2/c1-18-16-22(19-8-4-2-5-9-19)27-23-21(17-26-29(18)23)24(30)28-14-12-25(31,13-15-28)20-10-6-3-7-11-20/h2-11,17-18,22,27,31H,12-16H2,1H3. The average Bonchev–Trinajstić information content (AvgIpc) is 3.25. The number of anilines is 1. The Morgan fingerprint density at radius 3 is 2.39 bits per heavy atom. The van der Waals surface area contributed by atoms with Crippen LogP contribution in [-0.4, -0.2) is 38.8 Å². The van der Waals surface area contributed by atoms with E-state index in [9.17, 15) is 9.90 Å². The zero-order chi connectivity index (χ0) is 21.4. The van der Waals surface area contributed by atoms with Crippen molar-refractivity contribution in [1.29, 1.82) is 0 Å². The number of carbonyl (C=O) groups is 1. The van der Waals surface area contributed by atoms with Crippen LogP contribution in [0.2, 0.25) is 0 Å². The monoisotopic (exact) mass is 416 g/mol. The topological polar surface area (TPSA) is 70.4 Å². The molecule has 31 heavy (non-hydrogen) atoms. The molecule has 0 bridgehead atoms. The maximum Gasteiger partial charge on any atom is 0.259 e. The van der Waals surface area contributed by atoms with Gasteiger partial charge in [0.25, 0.3) is 5.91 Å². The summed E-state index contributed by atoms with van der Waals surface area (Å²) in [6, 6.07) is 20.4. The van der Waals surface area contributed by atoms with Gasteiger partial charge in [0, 0.05) is 13.1 Å². The van der Waals surface area contributed by atoms with E-state index in [0.29, 0.717) is 31.5 Å². The first-order chi connectivity index (χ1) is 15.0. The van der Waals surface area contributed by atoms with E-state index in [1.807, 2.05) is 58.1 Å². The third-order valence-corrected chi connectivity index (χ3v) is 6.72. The summed E-state index contributed by atoms with van der Waals surface area (Å²) >= 11 is 0. The normalized spacial score (nSPS) is 22.5. The van der Waals surface area contributed by atoms with Gasteiger partial charge in [-0.05, 0) is 37.3 Å². The number of likely N-dealkylation sites (tertiary alicyclic amines) is 1. The van der Waals surface area contributed by atoms with E-state index in [4.69, 9.17) is 0 Å². The molecule has 6 nitrogen and oxygen atoms in total. The first-order valence-electron chi connectivity index (χ1n) is 11.0. The van der Waals surface area contributed by atoms with Crippen molar-refractivity contribution in [3.05, 3.63) is 83.6 Å². The molecule has 2 aromatic carbocycles. The maximum atomic E-state index is 13.4. The number of nitrogens with zero attached hydrogens (tertiary/aromatic N) is 3. The van der Waals surface area contributed by atoms with Crippen LogP contribution in [0.5, 0.6) is 0 Å². The van der Waals surface area contributed by atoms with Crippen molar-refractivity contribution < 1.29 is 9.90 Å². The third kappa shape index (κ3) is 3.61. The second-order valence-electron chi connectivity index (χ2n) is 8.73. The number of benzene rings is 2. The predicted octanol–water partition coefficient (Wildman–Crippen LogP) is 4.12. The fourth-order valence-corrected chi connectivity index (χ4v) is 4.85. The number of fused-ring (bicyclic) bond motifs is 1. The van der Waals surface area contributed by atoms with Crippen molar-refractivity contribution in [3.8, 4) is 0 Å². The Bertz CT molecular complexity index is 1060. The quantitative estimate of drug-likeness (QED) is 0.674. The van der Waals surface area contributed by atoms with E-state index in [-0.39, 0.29) is 18.0 Å². The molecule has 0 saturated carbocycles. The largest absolute Gasteiger partial charge is 0.385 e. The molecule has 160 valence electrons. The van der Waals surface area contributed by atoms with Crippen molar-refractivity contribution in [2.45, 2.75) is 43.9 Å². The van der Waals surface area contributed by atoms with Gasteiger partial charge in [0.1, 0.15) is 11.4 Å². The number of piperidine rings is 1. The van der Waals surface area contributed by atoms with Gasteiger partial charge in [-0.15, -0.1) is 0 Å². The lowest BCUT2D eigenvalue weighted by Gasteiger charge is -2.38. The van der Waals surface area contributed by atoms with E-state index < -0.39 is 5.60 Å². The maximum absolute atomic E-state index is 13.4. The molecule has 2 aliphatic rings. The summed E-state index contributed by atoms with van der Waals surface area (Å²) in [6.45, 7) is 3.18. The molecule has 3 aromatic rings. The summed E-state index contributed by atoms with van der Waals surface area (Å²) in [4.78, 5) is 15.2. The number of aromatic nitrogens is 2. The molecule has 0 spiro atoms. The van der Waals surface area contributed by atoms with Crippen molar-refractivity contribution in [2.24, 2.45) is 0 Å². The Labute approximate surface area is 182 Å². The minimum absolute atomic E-state index is 0.0234. The van der Waals surface area contributed by atoms with Crippen LogP contribution in [0.1, 0.15) is 59.8 Å². The van der Waals surface area contributed by atoms with Crippen LogP contribution in [0.15, 0.2) is 66.9 Å². The molecule has 5 rings (SSSR count). The van der Waals surface area contributed by atoms with Crippen molar-refractivity contribution in [2.75, 3.05) is 18.4 Å². The molecule has 2 unspecified atom stereocenters. The van der Waals surface area contributed by atoms with Gasteiger partial charge >= 0.3 is 0 Å². The fraction of sp³-hybridized carbons (Fsp3) is 0.360. The molecule has 1 fully saturated rings. The zero-order valence-corrected chi connectivity index (χ0v) is 17.7. The molecule has 1 saturated heterocycles. The molecule has 6 heteroatoms. The molecule has 2 N–H and O–H groups in total. The minimum Gasteiger partial charge on any atom is -0.385 e. The Kier molecular flexibility index (Phi) is 5.02. The molecule has 2 aliphatic heterocycles. The summed E-state index contributed by atoms with van der Waals surface area (Å²) in [6.07, 6.45) is 3.66. The van der Waals surface area contributed by atoms with E-state index in [2.05, 4.69) is 29.5 Å². The van der Waals surface area contributed by atoms with Gasteiger partial charge in [0.05, 0.1) is 23.9 Å². The molecule has 2 atom stereocenters. The SMILES string of the molecule is CC1CC(c2ccccc2)Nc2c(C(=O)N3CCC(O)(c4ccccc4)CC3)cnn21. The number of nitrogens with one attached hydrogen (secondary N) is 1. The summed E-state index contributed by atoms with van der Waals surface area (Å²) < 4.78 is 1.93. The lowest BCUT2D eigenvalue weighted by atomic mass is 9.84. The van der Waals surface area contributed by atoms with E-state index >= 15 is 0 Å². The molecular formula is C25H28N4O2. The highest BCUT2D eigenvalue weighted by molar-refractivity contribution is 5.99. The smallest absolute Gasteiger partial charge is 0.259 e. The van der Waals surface area contributed by atoms with Gasteiger partial charge in [0.15, 0.2) is 0 Å². The lowest BCUT2D eigenvalue weighted by molar-refractivity contribution is -0.0211. The van der Waals surface area contributed by atoms with Gasteiger partial charge in [-0.25, -0.2) is 4.68 Å². The van der Waals surface area contributed by atoms with E-state index in [1.54, 1.807) is 6.20 Å². The number of carbonyl (C=O) groups excluding carboxylic acids is 1. The molecule has 1 aromatic heterocycles. The van der Waals surface area contributed by atoms with E-state index in [1.165, 1.54) is 5.56 Å².